The first kappa shape index (κ1) is 15.6. The Labute approximate surface area is 133 Å². The van der Waals surface area contributed by atoms with Gasteiger partial charge in [-0.25, -0.2) is 4.79 Å². The average Bonchev–Trinajstić information content (AvgIpc) is 3.25. The molecular weight excluding hydrogens is 300 g/mol. The molecule has 1 saturated heterocycles. The van der Waals surface area contributed by atoms with Crippen LogP contribution < -0.4 is 5.32 Å². The van der Waals surface area contributed by atoms with Crippen LogP contribution in [0.15, 0.2) is 16.7 Å². The Bertz CT molecular complexity index is 620. The third-order valence-corrected chi connectivity index (χ3v) is 4.40. The molecule has 7 nitrogen and oxygen atoms in total. The molecule has 1 saturated carbocycles. The maximum atomic E-state index is 12.4. The van der Waals surface area contributed by atoms with Crippen LogP contribution in [-0.2, 0) is 4.79 Å². The first-order valence-electron chi connectivity index (χ1n) is 7.93. The van der Waals surface area contributed by atoms with Gasteiger partial charge in [0.1, 0.15) is 6.26 Å². The lowest BCUT2D eigenvalue weighted by molar-refractivity contribution is -0.126. The molecule has 7 heteroatoms. The minimum Gasteiger partial charge on any atom is -0.478 e. The molecule has 23 heavy (non-hydrogen) atoms. The van der Waals surface area contributed by atoms with E-state index in [1.807, 2.05) is 0 Å². The van der Waals surface area contributed by atoms with Crippen LogP contribution in [0.5, 0.6) is 0 Å². The summed E-state index contributed by atoms with van der Waals surface area (Å²) in [6.07, 6.45) is 4.93. The molecular formula is C16H20N2O5. The number of nitrogens with one attached hydrogen (secondary N) is 1. The molecule has 2 heterocycles. The maximum Gasteiger partial charge on any atom is 0.338 e. The molecule has 1 aromatic rings. The van der Waals surface area contributed by atoms with E-state index in [0.717, 1.165) is 25.6 Å². The first-order chi connectivity index (χ1) is 11.0. The van der Waals surface area contributed by atoms with Gasteiger partial charge in [-0.1, -0.05) is 0 Å². The fourth-order valence-electron chi connectivity index (χ4n) is 2.80. The fraction of sp³-hybridized carbons (Fsp3) is 0.562. The summed E-state index contributed by atoms with van der Waals surface area (Å²) in [7, 11) is 0. The molecule has 0 aromatic carbocycles. The van der Waals surface area contributed by atoms with E-state index in [-0.39, 0.29) is 29.1 Å². The van der Waals surface area contributed by atoms with Crippen molar-refractivity contribution in [2.75, 3.05) is 19.6 Å². The number of likely N-dealkylation sites (tertiary alicyclic amines) is 1. The van der Waals surface area contributed by atoms with Gasteiger partial charge in [0.25, 0.3) is 5.91 Å². The van der Waals surface area contributed by atoms with E-state index in [2.05, 4.69) is 5.32 Å². The largest absolute Gasteiger partial charge is 0.478 e. The summed E-state index contributed by atoms with van der Waals surface area (Å²) >= 11 is 0. The summed E-state index contributed by atoms with van der Waals surface area (Å²) in [5, 5.41) is 11.8. The lowest BCUT2D eigenvalue weighted by Gasteiger charge is -2.31. The predicted octanol–water partition coefficient (Wildman–Crippen LogP) is 1.36. The van der Waals surface area contributed by atoms with Gasteiger partial charge < -0.3 is 19.7 Å². The number of carbonyl (C=O) groups is 3. The number of carbonyl (C=O) groups excluding carboxylic acids is 2. The lowest BCUT2D eigenvalue weighted by Crippen LogP contribution is -2.45. The quantitative estimate of drug-likeness (QED) is 0.853. The predicted molar refractivity (Wildman–Crippen MR) is 80.0 cm³/mol. The van der Waals surface area contributed by atoms with Gasteiger partial charge in [0, 0.05) is 25.7 Å². The van der Waals surface area contributed by atoms with Crippen molar-refractivity contribution in [2.45, 2.75) is 25.7 Å². The monoisotopic (exact) mass is 320 g/mol. The highest BCUT2D eigenvalue weighted by molar-refractivity contribution is 5.95. The van der Waals surface area contributed by atoms with Gasteiger partial charge >= 0.3 is 5.97 Å². The number of hydrogen-bond acceptors (Lipinski definition) is 4. The molecule has 1 unspecified atom stereocenters. The number of aromatic carboxylic acids is 1. The van der Waals surface area contributed by atoms with E-state index in [4.69, 9.17) is 9.52 Å². The van der Waals surface area contributed by atoms with Crippen molar-refractivity contribution in [3.05, 3.63) is 23.7 Å². The Kier molecular flexibility index (Phi) is 4.36. The van der Waals surface area contributed by atoms with Crippen molar-refractivity contribution in [3.8, 4) is 0 Å². The SMILES string of the molecule is O=C(O)c1coc(C(=O)N2CCCC(C(=O)NCC3CC3)C2)c1. The Morgan fingerprint density at radius 3 is 2.74 bits per heavy atom. The molecule has 1 aromatic heterocycles. The normalized spacial score (nSPS) is 21.0. The molecule has 2 amide bonds. The molecule has 2 aliphatic rings. The van der Waals surface area contributed by atoms with Crippen molar-refractivity contribution in [1.82, 2.24) is 10.2 Å². The second kappa shape index (κ2) is 6.44. The maximum absolute atomic E-state index is 12.4. The second-order valence-corrected chi connectivity index (χ2v) is 6.28. The van der Waals surface area contributed by atoms with Crippen LogP contribution in [0.2, 0.25) is 0 Å². The third kappa shape index (κ3) is 3.72. The topological polar surface area (TPSA) is 99.8 Å². The third-order valence-electron chi connectivity index (χ3n) is 4.40. The van der Waals surface area contributed by atoms with E-state index in [0.29, 0.717) is 19.0 Å². The highest BCUT2D eigenvalue weighted by Crippen LogP contribution is 2.28. The summed E-state index contributed by atoms with van der Waals surface area (Å²) in [4.78, 5) is 37.0. The van der Waals surface area contributed by atoms with Crippen LogP contribution in [0.3, 0.4) is 0 Å². The molecule has 124 valence electrons. The number of piperidine rings is 1. The van der Waals surface area contributed by atoms with Gasteiger partial charge in [-0.2, -0.15) is 0 Å². The Hall–Kier alpha value is -2.31. The second-order valence-electron chi connectivity index (χ2n) is 6.28. The standard InChI is InChI=1S/C16H20N2O5/c19-14(17-7-10-3-4-10)11-2-1-5-18(8-11)15(20)13-6-12(9-23-13)16(21)22/h6,9-11H,1-5,7-8H2,(H,17,19)(H,21,22). The molecule has 1 aliphatic heterocycles. The summed E-state index contributed by atoms with van der Waals surface area (Å²) in [6, 6.07) is 1.22. The zero-order chi connectivity index (χ0) is 16.4. The van der Waals surface area contributed by atoms with E-state index in [1.54, 1.807) is 4.90 Å². The lowest BCUT2D eigenvalue weighted by atomic mass is 9.97. The van der Waals surface area contributed by atoms with Crippen LogP contribution in [0.1, 0.15) is 46.6 Å². The van der Waals surface area contributed by atoms with Crippen LogP contribution >= 0.6 is 0 Å². The van der Waals surface area contributed by atoms with Crippen molar-refractivity contribution < 1.29 is 23.9 Å². The molecule has 2 N–H and O–H groups in total. The van der Waals surface area contributed by atoms with Gasteiger partial charge in [-0.15, -0.1) is 0 Å². The van der Waals surface area contributed by atoms with Crippen molar-refractivity contribution in [1.29, 1.82) is 0 Å². The van der Waals surface area contributed by atoms with Crippen LogP contribution in [0.4, 0.5) is 0 Å². The van der Waals surface area contributed by atoms with E-state index in [1.165, 1.54) is 18.9 Å². The number of hydrogen-bond donors (Lipinski definition) is 2. The van der Waals surface area contributed by atoms with Crippen LogP contribution in [0, 0.1) is 11.8 Å². The summed E-state index contributed by atoms with van der Waals surface area (Å²) in [5.41, 5.74) is -0.0518. The summed E-state index contributed by atoms with van der Waals surface area (Å²) < 4.78 is 5.05. The Morgan fingerprint density at radius 2 is 2.09 bits per heavy atom. The summed E-state index contributed by atoms with van der Waals surface area (Å²) in [6.45, 7) is 1.62. The average molecular weight is 320 g/mol. The van der Waals surface area contributed by atoms with Crippen molar-refractivity contribution >= 4 is 17.8 Å². The van der Waals surface area contributed by atoms with Crippen molar-refractivity contribution in [2.24, 2.45) is 11.8 Å². The number of nitrogens with zero attached hydrogens (tertiary/aromatic N) is 1. The van der Waals surface area contributed by atoms with Gasteiger partial charge in [0.15, 0.2) is 5.76 Å². The highest BCUT2D eigenvalue weighted by Gasteiger charge is 2.31. The molecule has 3 rings (SSSR count). The van der Waals surface area contributed by atoms with E-state index < -0.39 is 5.97 Å². The number of amides is 2. The van der Waals surface area contributed by atoms with Gasteiger partial charge in [-0.05, 0) is 31.6 Å². The van der Waals surface area contributed by atoms with Crippen LogP contribution in [-0.4, -0.2) is 47.4 Å². The number of rotatable bonds is 5. The molecule has 1 atom stereocenters. The van der Waals surface area contributed by atoms with Gasteiger partial charge in [0.05, 0.1) is 11.5 Å². The van der Waals surface area contributed by atoms with Gasteiger partial charge in [-0.3, -0.25) is 9.59 Å². The van der Waals surface area contributed by atoms with E-state index in [9.17, 15) is 14.4 Å². The van der Waals surface area contributed by atoms with Crippen LogP contribution in [0.25, 0.3) is 0 Å². The molecule has 2 fully saturated rings. The zero-order valence-electron chi connectivity index (χ0n) is 12.8. The zero-order valence-corrected chi connectivity index (χ0v) is 12.8. The minimum absolute atomic E-state index is 0.0000647. The first-order valence-corrected chi connectivity index (χ1v) is 7.93. The Morgan fingerprint density at radius 1 is 1.30 bits per heavy atom. The minimum atomic E-state index is -1.14. The number of carboxylic acids is 1. The smallest absolute Gasteiger partial charge is 0.338 e. The molecule has 1 aliphatic carbocycles. The van der Waals surface area contributed by atoms with Gasteiger partial charge in [0.2, 0.25) is 5.91 Å². The van der Waals surface area contributed by atoms with Crippen molar-refractivity contribution in [3.63, 3.8) is 0 Å². The molecule has 0 bridgehead atoms. The fourth-order valence-corrected chi connectivity index (χ4v) is 2.80. The number of carboxylic acid groups (broad SMARTS) is 1. The number of furan rings is 1. The highest BCUT2D eigenvalue weighted by atomic mass is 16.4. The molecule has 0 radical (unpaired) electrons. The Balaban J connectivity index is 1.59. The molecule has 0 spiro atoms. The summed E-state index contributed by atoms with van der Waals surface area (Å²) in [5.74, 6) is -1.08. The van der Waals surface area contributed by atoms with E-state index >= 15 is 0 Å².